The molecule has 0 radical (unpaired) electrons. The molecule has 94 valence electrons. The fourth-order valence-electron chi connectivity index (χ4n) is 2.23. The molecule has 0 saturated carbocycles. The molecule has 1 saturated heterocycles. The molecule has 1 atom stereocenters. The molecule has 18 heavy (non-hydrogen) atoms. The number of nitrogens with zero attached hydrogens (tertiary/aromatic N) is 2. The van der Waals surface area contributed by atoms with Gasteiger partial charge in [-0.15, -0.1) is 10.2 Å². The van der Waals surface area contributed by atoms with Crippen LogP contribution in [-0.2, 0) is 4.74 Å². The summed E-state index contributed by atoms with van der Waals surface area (Å²) < 4.78 is 5.45. The Morgan fingerprint density at radius 3 is 2.83 bits per heavy atom. The highest BCUT2D eigenvalue weighted by Crippen LogP contribution is 2.26. The Hall–Kier alpha value is -1.39. The van der Waals surface area contributed by atoms with Crippen molar-refractivity contribution in [1.82, 2.24) is 10.2 Å². The molecule has 1 fully saturated rings. The maximum atomic E-state index is 6.05. The number of anilines is 1. The van der Waals surface area contributed by atoms with Gasteiger partial charge in [-0.05, 0) is 12.8 Å². The molecular formula is C13H14ClN3O. The van der Waals surface area contributed by atoms with Gasteiger partial charge < -0.3 is 10.1 Å². The zero-order valence-corrected chi connectivity index (χ0v) is 10.7. The van der Waals surface area contributed by atoms with Crippen LogP contribution in [0.1, 0.15) is 12.8 Å². The molecule has 0 spiro atoms. The molecule has 0 aliphatic carbocycles. The minimum absolute atomic E-state index is 0.303. The fraction of sp³-hybridized carbons (Fsp3) is 0.385. The number of fused-ring (bicyclic) bond motifs is 1. The number of aromatic nitrogens is 2. The zero-order chi connectivity index (χ0) is 12.4. The van der Waals surface area contributed by atoms with Gasteiger partial charge in [-0.3, -0.25) is 0 Å². The fourth-order valence-corrected chi connectivity index (χ4v) is 2.43. The minimum atomic E-state index is 0.303. The van der Waals surface area contributed by atoms with Gasteiger partial charge in [-0.1, -0.05) is 35.9 Å². The average molecular weight is 264 g/mol. The van der Waals surface area contributed by atoms with E-state index in [1.54, 1.807) is 0 Å². The van der Waals surface area contributed by atoms with Crippen LogP contribution in [0.15, 0.2) is 24.3 Å². The van der Waals surface area contributed by atoms with Crippen molar-refractivity contribution in [3.05, 3.63) is 29.4 Å². The maximum Gasteiger partial charge on any atom is 0.159 e. The van der Waals surface area contributed by atoms with E-state index < -0.39 is 0 Å². The number of hydrogen-bond acceptors (Lipinski definition) is 4. The number of rotatable bonds is 2. The van der Waals surface area contributed by atoms with E-state index in [0.29, 0.717) is 11.2 Å². The van der Waals surface area contributed by atoms with E-state index in [9.17, 15) is 0 Å². The van der Waals surface area contributed by atoms with Gasteiger partial charge in [-0.25, -0.2) is 0 Å². The minimum Gasteiger partial charge on any atom is -0.379 e. The quantitative estimate of drug-likeness (QED) is 0.905. The first-order valence-corrected chi connectivity index (χ1v) is 6.47. The molecule has 0 bridgehead atoms. The summed E-state index contributed by atoms with van der Waals surface area (Å²) in [6.07, 6.45) is 2.18. The van der Waals surface area contributed by atoms with Crippen molar-refractivity contribution in [3.8, 4) is 0 Å². The average Bonchev–Trinajstić information content (AvgIpc) is 2.44. The highest BCUT2D eigenvalue weighted by atomic mass is 35.5. The maximum absolute atomic E-state index is 6.05. The van der Waals surface area contributed by atoms with Crippen LogP contribution in [-0.4, -0.2) is 29.5 Å². The first-order chi connectivity index (χ1) is 8.84. The molecule has 2 aromatic rings. The van der Waals surface area contributed by atoms with Crippen LogP contribution in [0.3, 0.4) is 0 Å². The third kappa shape index (κ3) is 2.26. The van der Waals surface area contributed by atoms with E-state index in [1.807, 2.05) is 24.3 Å². The van der Waals surface area contributed by atoms with Gasteiger partial charge in [0.25, 0.3) is 0 Å². The molecule has 5 heteroatoms. The molecule has 1 aromatic carbocycles. The third-order valence-corrected chi connectivity index (χ3v) is 3.42. The normalized spacial score (nSPS) is 19.9. The van der Waals surface area contributed by atoms with Crippen LogP contribution in [0.5, 0.6) is 0 Å². The van der Waals surface area contributed by atoms with Gasteiger partial charge in [0.1, 0.15) is 0 Å². The molecule has 0 unspecified atom stereocenters. The lowest BCUT2D eigenvalue weighted by Crippen LogP contribution is -2.30. The zero-order valence-electron chi connectivity index (χ0n) is 9.90. The molecule has 1 aromatic heterocycles. The Balaban J connectivity index is 1.94. The number of hydrogen-bond donors (Lipinski definition) is 1. The van der Waals surface area contributed by atoms with Crippen molar-refractivity contribution in [3.63, 3.8) is 0 Å². The largest absolute Gasteiger partial charge is 0.379 e. The van der Waals surface area contributed by atoms with Gasteiger partial charge >= 0.3 is 0 Å². The molecule has 2 heterocycles. The van der Waals surface area contributed by atoms with Gasteiger partial charge in [0.2, 0.25) is 0 Å². The summed E-state index contributed by atoms with van der Waals surface area (Å²) in [5.74, 6) is 0.783. The third-order valence-electron chi connectivity index (χ3n) is 3.14. The lowest BCUT2D eigenvalue weighted by atomic mass is 10.1. The molecule has 4 nitrogen and oxygen atoms in total. The summed E-state index contributed by atoms with van der Waals surface area (Å²) in [6, 6.07) is 8.18. The Labute approximate surface area is 110 Å². The second-order valence-electron chi connectivity index (χ2n) is 4.44. The van der Waals surface area contributed by atoms with Crippen LogP contribution in [0.2, 0.25) is 5.15 Å². The van der Waals surface area contributed by atoms with E-state index in [1.165, 1.54) is 0 Å². The lowest BCUT2D eigenvalue weighted by Gasteiger charge is -2.23. The predicted molar refractivity (Wildman–Crippen MR) is 72.0 cm³/mol. The lowest BCUT2D eigenvalue weighted by molar-refractivity contribution is 0.0875. The number of nitrogens with one attached hydrogen (secondary N) is 1. The van der Waals surface area contributed by atoms with Crippen molar-refractivity contribution in [2.75, 3.05) is 18.5 Å². The molecule has 1 aliphatic rings. The molecule has 1 N–H and O–H groups in total. The number of ether oxygens (including phenoxy) is 1. The second-order valence-corrected chi connectivity index (χ2v) is 4.80. The van der Waals surface area contributed by atoms with Gasteiger partial charge in [0.05, 0.1) is 12.6 Å². The smallest absolute Gasteiger partial charge is 0.159 e. The second kappa shape index (κ2) is 5.08. The van der Waals surface area contributed by atoms with Crippen LogP contribution in [0.4, 0.5) is 5.82 Å². The van der Waals surface area contributed by atoms with Crippen LogP contribution in [0, 0.1) is 0 Å². The van der Waals surface area contributed by atoms with Crippen LogP contribution >= 0.6 is 11.6 Å². The summed E-state index contributed by atoms with van der Waals surface area (Å²) in [4.78, 5) is 0. The topological polar surface area (TPSA) is 47.0 Å². The van der Waals surface area contributed by atoms with Crippen LogP contribution in [0.25, 0.3) is 10.8 Å². The standard InChI is InChI=1S/C13H14ClN3O/c14-12-10-5-1-2-6-11(10)13(17-16-12)15-9-4-3-7-18-8-9/h1-2,5-6,9H,3-4,7-8H2,(H,15,17)/t9-/m1/s1. The monoisotopic (exact) mass is 263 g/mol. The Morgan fingerprint density at radius 2 is 2.06 bits per heavy atom. The highest BCUT2D eigenvalue weighted by Gasteiger charge is 2.16. The predicted octanol–water partition coefficient (Wildman–Crippen LogP) is 2.87. The summed E-state index contributed by atoms with van der Waals surface area (Å²) in [5, 5.41) is 13.9. The molecule has 0 amide bonds. The van der Waals surface area contributed by atoms with Gasteiger partial charge in [-0.2, -0.15) is 0 Å². The first kappa shape index (κ1) is 11.7. The Morgan fingerprint density at radius 1 is 1.22 bits per heavy atom. The summed E-state index contributed by atoms with van der Waals surface area (Å²) >= 11 is 6.05. The summed E-state index contributed by atoms with van der Waals surface area (Å²) in [5.41, 5.74) is 0. The van der Waals surface area contributed by atoms with Crippen molar-refractivity contribution in [1.29, 1.82) is 0 Å². The van der Waals surface area contributed by atoms with Crippen molar-refractivity contribution in [2.24, 2.45) is 0 Å². The van der Waals surface area contributed by atoms with Crippen LogP contribution < -0.4 is 5.32 Å². The van der Waals surface area contributed by atoms with E-state index in [-0.39, 0.29) is 0 Å². The van der Waals surface area contributed by atoms with Crippen molar-refractivity contribution in [2.45, 2.75) is 18.9 Å². The first-order valence-electron chi connectivity index (χ1n) is 6.10. The SMILES string of the molecule is Clc1nnc(N[C@@H]2CCCOC2)c2ccccc12. The van der Waals surface area contributed by atoms with Gasteiger partial charge in [0.15, 0.2) is 11.0 Å². The number of benzene rings is 1. The van der Waals surface area contributed by atoms with Crippen molar-refractivity contribution < 1.29 is 4.74 Å². The van der Waals surface area contributed by atoms with E-state index in [2.05, 4.69) is 15.5 Å². The molecular weight excluding hydrogens is 250 g/mol. The molecule has 1 aliphatic heterocycles. The molecule has 3 rings (SSSR count). The summed E-state index contributed by atoms with van der Waals surface area (Å²) in [6.45, 7) is 1.57. The number of halogens is 1. The van der Waals surface area contributed by atoms with E-state index in [4.69, 9.17) is 16.3 Å². The highest BCUT2D eigenvalue weighted by molar-refractivity contribution is 6.34. The van der Waals surface area contributed by atoms with Crippen molar-refractivity contribution >= 4 is 28.2 Å². The van der Waals surface area contributed by atoms with E-state index in [0.717, 1.165) is 42.6 Å². The van der Waals surface area contributed by atoms with E-state index >= 15 is 0 Å². The Bertz CT molecular complexity index is 555. The summed E-state index contributed by atoms with van der Waals surface area (Å²) in [7, 11) is 0. The Kier molecular flexibility index (Phi) is 3.30. The van der Waals surface area contributed by atoms with Gasteiger partial charge in [0, 0.05) is 17.4 Å².